The molecule has 0 aliphatic heterocycles. The van der Waals surface area contributed by atoms with E-state index in [1.807, 2.05) is 0 Å². The number of nitrogens with zero attached hydrogens (tertiary/aromatic N) is 2. The van der Waals surface area contributed by atoms with Crippen LogP contribution in [0.15, 0.2) is 96.6 Å². The number of hydrogen-bond donors (Lipinski definition) is 4. The van der Waals surface area contributed by atoms with Crippen LogP contribution in [0.3, 0.4) is 0 Å². The quantitative estimate of drug-likeness (QED) is 0.321. The first kappa shape index (κ1) is 24.9. The molecular weight excluding hydrogens is 524 g/mol. The molecule has 0 aromatic heterocycles. The number of aliphatic hydroxyl groups excluding tert-OH is 1. The van der Waals surface area contributed by atoms with Gasteiger partial charge in [-0.15, -0.1) is 10.2 Å². The third-order valence-electron chi connectivity index (χ3n) is 5.37. The predicted molar refractivity (Wildman–Crippen MR) is 123 cm³/mol. The van der Waals surface area contributed by atoms with Gasteiger partial charge in [-0.3, -0.25) is 13.7 Å². The minimum atomic E-state index is -4.92. The zero-order valence-electron chi connectivity index (χ0n) is 17.3. The largest absolute Gasteiger partial charge is 0.505 e. The van der Waals surface area contributed by atoms with Gasteiger partial charge in [0.15, 0.2) is 5.76 Å². The van der Waals surface area contributed by atoms with Crippen molar-refractivity contribution in [1.82, 2.24) is 0 Å². The highest BCUT2D eigenvalue weighted by atomic mass is 32.2. The lowest BCUT2D eigenvalue weighted by Crippen LogP contribution is -2.20. The van der Waals surface area contributed by atoms with Gasteiger partial charge in [-0.2, -0.15) is 25.3 Å². The lowest BCUT2D eigenvalue weighted by molar-refractivity contribution is 0.400. The minimum Gasteiger partial charge on any atom is -0.505 e. The van der Waals surface area contributed by atoms with E-state index in [0.29, 0.717) is 0 Å². The second kappa shape index (κ2) is 8.47. The van der Waals surface area contributed by atoms with Gasteiger partial charge < -0.3 is 5.11 Å². The molecule has 15 heteroatoms. The summed E-state index contributed by atoms with van der Waals surface area (Å²) in [6.07, 6.45) is 2.78. The summed E-state index contributed by atoms with van der Waals surface area (Å²) < 4.78 is 98.4. The smallest absolute Gasteiger partial charge is 0.295 e. The molecule has 12 nitrogen and oxygen atoms in total. The number of hydrogen-bond acceptors (Lipinski definition) is 9. The monoisotopic (exact) mass is 540 g/mol. The lowest BCUT2D eigenvalue weighted by Gasteiger charge is -2.26. The van der Waals surface area contributed by atoms with Gasteiger partial charge in [0.05, 0.1) is 10.6 Å². The summed E-state index contributed by atoms with van der Waals surface area (Å²) in [5, 5.41) is 18.9. The van der Waals surface area contributed by atoms with Crippen LogP contribution in [0.5, 0.6) is 0 Å². The first-order valence-corrected chi connectivity index (χ1v) is 13.9. The third-order valence-corrected chi connectivity index (χ3v) is 8.13. The van der Waals surface area contributed by atoms with E-state index in [1.165, 1.54) is 30.3 Å². The minimum absolute atomic E-state index is 0.0957. The summed E-state index contributed by atoms with van der Waals surface area (Å²) in [5.41, 5.74) is -0.137. The van der Waals surface area contributed by atoms with Gasteiger partial charge in [-0.05, 0) is 30.2 Å². The molecule has 2 aliphatic carbocycles. The molecule has 2 aromatic rings. The zero-order chi connectivity index (χ0) is 25.8. The Kier molecular flexibility index (Phi) is 6.03. The molecule has 0 bridgehead atoms. The topological polar surface area (TPSA) is 208 Å². The summed E-state index contributed by atoms with van der Waals surface area (Å²) in [4.78, 5) is -1.71. The maximum absolute atomic E-state index is 11.8. The number of aliphatic hydroxyl groups is 1. The Bertz CT molecular complexity index is 1750. The van der Waals surface area contributed by atoms with Crippen molar-refractivity contribution in [3.8, 4) is 0 Å². The average molecular weight is 541 g/mol. The van der Waals surface area contributed by atoms with Crippen LogP contribution in [0, 0.1) is 5.92 Å². The van der Waals surface area contributed by atoms with Crippen molar-refractivity contribution in [1.29, 1.82) is 0 Å². The molecule has 0 spiro atoms. The second-order valence-corrected chi connectivity index (χ2v) is 11.8. The van der Waals surface area contributed by atoms with E-state index >= 15 is 0 Å². The molecule has 2 aliphatic rings. The molecule has 184 valence electrons. The van der Waals surface area contributed by atoms with Crippen molar-refractivity contribution in [3.05, 3.63) is 81.5 Å². The summed E-state index contributed by atoms with van der Waals surface area (Å²) >= 11 is 0. The van der Waals surface area contributed by atoms with E-state index in [1.54, 1.807) is 6.07 Å². The van der Waals surface area contributed by atoms with Gasteiger partial charge in [0.1, 0.15) is 15.5 Å². The van der Waals surface area contributed by atoms with E-state index in [9.17, 15) is 44.0 Å². The highest BCUT2D eigenvalue weighted by Crippen LogP contribution is 2.41. The van der Waals surface area contributed by atoms with Crippen LogP contribution in [0.25, 0.3) is 10.8 Å². The van der Waals surface area contributed by atoms with Crippen LogP contribution >= 0.6 is 0 Å². The van der Waals surface area contributed by atoms with E-state index < -0.39 is 64.0 Å². The SMILES string of the molecule is O=S(=O)(O)C1=CC2CC(S(=O)(=O)O)=C(O)C(N=Nc3ccc(S(=O)(=O)O)c4ccccc34)=C2C=C1. The summed E-state index contributed by atoms with van der Waals surface area (Å²) in [6, 6.07) is 8.36. The molecule has 0 saturated carbocycles. The maximum atomic E-state index is 11.8. The Morgan fingerprint density at radius 1 is 0.771 bits per heavy atom. The average Bonchev–Trinajstić information content (AvgIpc) is 2.75. The molecule has 0 saturated heterocycles. The molecule has 35 heavy (non-hydrogen) atoms. The van der Waals surface area contributed by atoms with E-state index in [2.05, 4.69) is 10.2 Å². The van der Waals surface area contributed by atoms with Crippen molar-refractivity contribution in [2.75, 3.05) is 0 Å². The Labute approximate surface area is 199 Å². The lowest BCUT2D eigenvalue weighted by atomic mass is 9.86. The van der Waals surface area contributed by atoms with Crippen molar-refractivity contribution in [3.63, 3.8) is 0 Å². The fourth-order valence-corrected chi connectivity index (χ4v) is 5.81. The Morgan fingerprint density at radius 2 is 1.43 bits per heavy atom. The molecule has 0 heterocycles. The normalized spacial score (nSPS) is 19.4. The number of azo groups is 1. The molecular formula is C20H16N2O10S3. The Balaban J connectivity index is 1.90. The molecule has 1 unspecified atom stereocenters. The third kappa shape index (κ3) is 4.82. The highest BCUT2D eigenvalue weighted by molar-refractivity contribution is 7.90. The van der Waals surface area contributed by atoms with Crippen LogP contribution in [0.4, 0.5) is 5.69 Å². The molecule has 0 amide bonds. The first-order chi connectivity index (χ1) is 16.2. The first-order valence-electron chi connectivity index (χ1n) is 9.60. The molecule has 0 radical (unpaired) electrons. The predicted octanol–water partition coefficient (Wildman–Crippen LogP) is 3.44. The molecule has 2 aromatic carbocycles. The van der Waals surface area contributed by atoms with Gasteiger partial charge in [0.25, 0.3) is 30.4 Å². The fourth-order valence-electron chi connectivity index (χ4n) is 3.80. The van der Waals surface area contributed by atoms with Crippen LogP contribution in [0.2, 0.25) is 0 Å². The highest BCUT2D eigenvalue weighted by Gasteiger charge is 2.35. The number of rotatable bonds is 5. The van der Waals surface area contributed by atoms with E-state index in [-0.39, 0.29) is 26.9 Å². The van der Waals surface area contributed by atoms with E-state index in [0.717, 1.165) is 18.2 Å². The van der Waals surface area contributed by atoms with Crippen molar-refractivity contribution in [2.24, 2.45) is 16.1 Å². The summed E-state index contributed by atoms with van der Waals surface area (Å²) in [7, 11) is -14.1. The van der Waals surface area contributed by atoms with Crippen LogP contribution in [-0.2, 0) is 30.4 Å². The number of allylic oxidation sites excluding steroid dienone is 5. The van der Waals surface area contributed by atoms with Gasteiger partial charge in [0.2, 0.25) is 0 Å². The molecule has 4 N–H and O–H groups in total. The van der Waals surface area contributed by atoms with Crippen molar-refractivity contribution >= 4 is 46.8 Å². The zero-order valence-corrected chi connectivity index (χ0v) is 19.8. The van der Waals surface area contributed by atoms with Crippen LogP contribution in [-0.4, -0.2) is 44.0 Å². The molecule has 0 fully saturated rings. The summed E-state index contributed by atoms with van der Waals surface area (Å²) in [6.45, 7) is 0. The van der Waals surface area contributed by atoms with Gasteiger partial charge in [-0.1, -0.05) is 36.4 Å². The Morgan fingerprint density at radius 3 is 2.03 bits per heavy atom. The van der Waals surface area contributed by atoms with Gasteiger partial charge in [-0.25, -0.2) is 0 Å². The Hall–Kier alpha value is -3.21. The van der Waals surface area contributed by atoms with Crippen LogP contribution in [0.1, 0.15) is 6.42 Å². The standard InChI is InChI=1S/C20H16N2O10S3/c23-20-18(35(30,31)32)10-11-9-12(33(24,25)26)5-6-13(11)19(20)22-21-16-7-8-17(34(27,28)29)15-4-2-1-3-14(15)16/h1-9,11,23H,10H2,(H,24,25,26)(H,27,28,29)(H,30,31,32). The molecule has 4 rings (SSSR count). The van der Waals surface area contributed by atoms with Crippen molar-refractivity contribution < 1.29 is 44.0 Å². The maximum Gasteiger partial charge on any atom is 0.295 e. The number of benzene rings is 2. The van der Waals surface area contributed by atoms with Crippen LogP contribution < -0.4 is 0 Å². The fraction of sp³-hybridized carbons (Fsp3) is 0.100. The second-order valence-electron chi connectivity index (χ2n) is 7.54. The van der Waals surface area contributed by atoms with E-state index in [4.69, 9.17) is 0 Å². The van der Waals surface area contributed by atoms with Gasteiger partial charge in [0, 0.05) is 16.7 Å². The van der Waals surface area contributed by atoms with Gasteiger partial charge >= 0.3 is 0 Å². The summed E-state index contributed by atoms with van der Waals surface area (Å²) in [5.74, 6) is -1.91. The number of fused-ring (bicyclic) bond motifs is 2. The van der Waals surface area contributed by atoms with Crippen molar-refractivity contribution in [2.45, 2.75) is 11.3 Å². The molecule has 1 atom stereocenters.